The van der Waals surface area contributed by atoms with Crippen LogP contribution in [0.5, 0.6) is 11.6 Å². The Morgan fingerprint density at radius 3 is 2.81 bits per heavy atom. The number of nitro groups is 1. The molecule has 0 bridgehead atoms. The van der Waals surface area contributed by atoms with Crippen LogP contribution in [0.3, 0.4) is 0 Å². The van der Waals surface area contributed by atoms with Gasteiger partial charge in [0.05, 0.1) is 17.7 Å². The van der Waals surface area contributed by atoms with Crippen LogP contribution in [0.1, 0.15) is 11.3 Å². The summed E-state index contributed by atoms with van der Waals surface area (Å²) in [5.41, 5.74) is 1.39. The van der Waals surface area contributed by atoms with Gasteiger partial charge in [-0.2, -0.15) is 0 Å². The van der Waals surface area contributed by atoms with Crippen molar-refractivity contribution < 1.29 is 14.4 Å². The Morgan fingerprint density at radius 1 is 1.33 bits per heavy atom. The summed E-state index contributed by atoms with van der Waals surface area (Å²) in [7, 11) is 1.52. The zero-order valence-corrected chi connectivity index (χ0v) is 12.9. The van der Waals surface area contributed by atoms with Gasteiger partial charge in [-0.3, -0.25) is 10.1 Å². The third-order valence-electron chi connectivity index (χ3n) is 2.74. The van der Waals surface area contributed by atoms with Gasteiger partial charge in [0, 0.05) is 17.5 Å². The van der Waals surface area contributed by atoms with E-state index in [-0.39, 0.29) is 18.0 Å². The first-order chi connectivity index (χ1) is 10.1. The van der Waals surface area contributed by atoms with Crippen molar-refractivity contribution in [1.82, 2.24) is 4.98 Å². The summed E-state index contributed by atoms with van der Waals surface area (Å²) in [6, 6.07) is 10.1. The van der Waals surface area contributed by atoms with E-state index in [1.165, 1.54) is 13.2 Å². The molecule has 0 amide bonds. The van der Waals surface area contributed by atoms with E-state index >= 15 is 0 Å². The topological polar surface area (TPSA) is 74.5 Å². The van der Waals surface area contributed by atoms with Gasteiger partial charge in [0.15, 0.2) is 5.75 Å². The smallest absolute Gasteiger partial charge is 0.311 e. The van der Waals surface area contributed by atoms with Crippen molar-refractivity contribution in [2.24, 2.45) is 0 Å². The predicted octanol–water partition coefficient (Wildman–Crippen LogP) is 3.47. The zero-order chi connectivity index (χ0) is 15.2. The van der Waals surface area contributed by atoms with Crippen LogP contribution in [-0.4, -0.2) is 17.0 Å². The molecule has 0 spiro atoms. The van der Waals surface area contributed by atoms with Crippen molar-refractivity contribution in [3.05, 3.63) is 57.8 Å². The predicted molar refractivity (Wildman–Crippen MR) is 80.8 cm³/mol. The van der Waals surface area contributed by atoms with Crippen LogP contribution in [0.4, 0.5) is 5.69 Å². The van der Waals surface area contributed by atoms with Crippen LogP contribution in [0, 0.1) is 10.1 Å². The maximum absolute atomic E-state index is 11.1. The monoisotopic (exact) mass is 352 g/mol. The van der Waals surface area contributed by atoms with Crippen molar-refractivity contribution in [3.63, 3.8) is 0 Å². The van der Waals surface area contributed by atoms with E-state index in [1.54, 1.807) is 30.3 Å². The minimum atomic E-state index is -0.458. The molecule has 0 aliphatic carbocycles. The highest BCUT2D eigenvalue weighted by atomic mass is 79.9. The van der Waals surface area contributed by atoms with Gasteiger partial charge in [-0.25, -0.2) is 4.98 Å². The van der Waals surface area contributed by atoms with E-state index in [4.69, 9.17) is 9.47 Å². The molecule has 2 rings (SSSR count). The molecule has 0 atom stereocenters. The standard InChI is InChI=1S/C14H13BrN2O4/c1-20-14-4-2-3-11(16-14)9-21-13-6-5-10(8-15)7-12(13)17(18)19/h2-7H,8-9H2,1H3. The molecule has 0 aliphatic heterocycles. The van der Waals surface area contributed by atoms with Gasteiger partial charge >= 0.3 is 5.69 Å². The first-order valence-corrected chi connectivity index (χ1v) is 7.22. The van der Waals surface area contributed by atoms with E-state index in [2.05, 4.69) is 20.9 Å². The summed E-state index contributed by atoms with van der Waals surface area (Å²) in [5, 5.41) is 11.6. The Bertz CT molecular complexity index is 649. The lowest BCUT2D eigenvalue weighted by atomic mass is 10.2. The van der Waals surface area contributed by atoms with Crippen LogP contribution in [0.2, 0.25) is 0 Å². The summed E-state index contributed by atoms with van der Waals surface area (Å²) in [6.45, 7) is 0.131. The molecule has 0 N–H and O–H groups in total. The molecule has 0 aliphatic rings. The Labute approximate surface area is 130 Å². The highest BCUT2D eigenvalue weighted by Gasteiger charge is 2.16. The van der Waals surface area contributed by atoms with E-state index in [0.29, 0.717) is 16.9 Å². The molecule has 0 unspecified atom stereocenters. The van der Waals surface area contributed by atoms with Crippen LogP contribution in [0.15, 0.2) is 36.4 Å². The molecule has 0 radical (unpaired) electrons. The first-order valence-electron chi connectivity index (χ1n) is 6.10. The van der Waals surface area contributed by atoms with Crippen molar-refractivity contribution in [2.75, 3.05) is 7.11 Å². The van der Waals surface area contributed by atoms with Gasteiger partial charge in [-0.05, 0) is 17.7 Å². The average Bonchev–Trinajstić information content (AvgIpc) is 2.52. The molecule has 0 saturated carbocycles. The number of aromatic nitrogens is 1. The number of nitro benzene ring substituents is 1. The average molecular weight is 353 g/mol. The lowest BCUT2D eigenvalue weighted by molar-refractivity contribution is -0.386. The number of alkyl halides is 1. The van der Waals surface area contributed by atoms with Gasteiger partial charge in [-0.15, -0.1) is 0 Å². The minimum Gasteiger partial charge on any atom is -0.481 e. The fourth-order valence-electron chi connectivity index (χ4n) is 1.71. The Kier molecular flexibility index (Phi) is 5.10. The largest absolute Gasteiger partial charge is 0.481 e. The van der Waals surface area contributed by atoms with Gasteiger partial charge in [0.2, 0.25) is 5.88 Å². The number of methoxy groups -OCH3 is 1. The maximum Gasteiger partial charge on any atom is 0.311 e. The number of hydrogen-bond acceptors (Lipinski definition) is 5. The molecule has 0 saturated heterocycles. The second kappa shape index (κ2) is 7.03. The second-order valence-electron chi connectivity index (χ2n) is 4.15. The SMILES string of the molecule is COc1cccc(COc2ccc(CBr)cc2[N+](=O)[O-])n1. The van der Waals surface area contributed by atoms with Gasteiger partial charge in [0.1, 0.15) is 6.61 Å². The quantitative estimate of drug-likeness (QED) is 0.452. The minimum absolute atomic E-state index is 0.0603. The fraction of sp³-hybridized carbons (Fsp3) is 0.214. The molecule has 2 aromatic rings. The molecule has 110 valence electrons. The van der Waals surface area contributed by atoms with E-state index in [0.717, 1.165) is 5.56 Å². The Morgan fingerprint density at radius 2 is 2.14 bits per heavy atom. The Balaban J connectivity index is 2.17. The molecule has 1 aromatic carbocycles. The number of pyridine rings is 1. The van der Waals surface area contributed by atoms with E-state index < -0.39 is 4.92 Å². The number of halogens is 1. The fourth-order valence-corrected chi connectivity index (χ4v) is 2.06. The Hall–Kier alpha value is -2.15. The van der Waals surface area contributed by atoms with Crippen molar-refractivity contribution in [3.8, 4) is 11.6 Å². The molecule has 1 aromatic heterocycles. The van der Waals surface area contributed by atoms with Gasteiger partial charge < -0.3 is 9.47 Å². The molecule has 1 heterocycles. The second-order valence-corrected chi connectivity index (χ2v) is 4.71. The van der Waals surface area contributed by atoms with E-state index in [9.17, 15) is 10.1 Å². The summed E-state index contributed by atoms with van der Waals surface area (Å²) in [4.78, 5) is 14.8. The summed E-state index contributed by atoms with van der Waals surface area (Å²) < 4.78 is 10.5. The third-order valence-corrected chi connectivity index (χ3v) is 3.39. The molecule has 6 nitrogen and oxygen atoms in total. The summed E-state index contributed by atoms with van der Waals surface area (Å²) in [6.07, 6.45) is 0. The number of benzene rings is 1. The normalized spacial score (nSPS) is 10.2. The van der Waals surface area contributed by atoms with Crippen LogP contribution >= 0.6 is 15.9 Å². The highest BCUT2D eigenvalue weighted by molar-refractivity contribution is 9.08. The number of rotatable bonds is 6. The van der Waals surface area contributed by atoms with Crippen molar-refractivity contribution in [1.29, 1.82) is 0 Å². The molecule has 21 heavy (non-hydrogen) atoms. The van der Waals surface area contributed by atoms with Gasteiger partial charge in [0.25, 0.3) is 0 Å². The molecular formula is C14H13BrN2O4. The van der Waals surface area contributed by atoms with Gasteiger partial charge in [-0.1, -0.05) is 28.1 Å². The zero-order valence-electron chi connectivity index (χ0n) is 11.3. The lowest BCUT2D eigenvalue weighted by Gasteiger charge is -2.08. The summed E-state index contributed by atoms with van der Waals surface area (Å²) in [5.74, 6) is 0.689. The first kappa shape index (κ1) is 15.2. The third kappa shape index (κ3) is 3.91. The van der Waals surface area contributed by atoms with Crippen LogP contribution < -0.4 is 9.47 Å². The number of hydrogen-bond donors (Lipinski definition) is 0. The molecular weight excluding hydrogens is 340 g/mol. The highest BCUT2D eigenvalue weighted by Crippen LogP contribution is 2.29. The molecule has 7 heteroatoms. The van der Waals surface area contributed by atoms with Crippen LogP contribution in [-0.2, 0) is 11.9 Å². The lowest BCUT2D eigenvalue weighted by Crippen LogP contribution is -2.02. The van der Waals surface area contributed by atoms with Crippen molar-refractivity contribution in [2.45, 2.75) is 11.9 Å². The summed E-state index contributed by atoms with van der Waals surface area (Å²) >= 11 is 3.27. The van der Waals surface area contributed by atoms with Crippen LogP contribution in [0.25, 0.3) is 0 Å². The van der Waals surface area contributed by atoms with E-state index in [1.807, 2.05) is 0 Å². The number of ether oxygens (including phenoxy) is 2. The maximum atomic E-state index is 11.1. The molecule has 0 fully saturated rings. The number of nitrogens with zero attached hydrogens (tertiary/aromatic N) is 2. The van der Waals surface area contributed by atoms with Crippen molar-refractivity contribution >= 4 is 21.6 Å².